The molecule has 0 aliphatic heterocycles. The van der Waals surface area contributed by atoms with E-state index >= 15 is 0 Å². The summed E-state index contributed by atoms with van der Waals surface area (Å²) in [7, 11) is -3.54. The van der Waals surface area contributed by atoms with Crippen molar-refractivity contribution in [1.29, 1.82) is 0 Å². The number of benzene rings is 1. The average molecular weight is 356 g/mol. The van der Waals surface area contributed by atoms with Crippen LogP contribution in [0.3, 0.4) is 0 Å². The molecule has 0 saturated carbocycles. The molecule has 0 spiro atoms. The number of aliphatic carboxylic acids is 1. The second-order valence-electron chi connectivity index (χ2n) is 5.90. The molecular weight excluding hydrogens is 332 g/mol. The summed E-state index contributed by atoms with van der Waals surface area (Å²) in [5, 5.41) is 12.0. The zero-order chi connectivity index (χ0) is 18.5. The van der Waals surface area contributed by atoms with Gasteiger partial charge in [0.15, 0.2) is 0 Å². The Bertz CT molecular complexity index is 724. The maximum absolute atomic E-state index is 12.5. The van der Waals surface area contributed by atoms with E-state index in [1.165, 1.54) is 6.07 Å². The zero-order valence-electron chi connectivity index (χ0n) is 14.3. The lowest BCUT2D eigenvalue weighted by Gasteiger charge is -2.27. The number of carbonyl (C=O) groups excluding carboxylic acids is 1. The number of sulfonamides is 1. The predicted molar refractivity (Wildman–Crippen MR) is 92.6 cm³/mol. The molecule has 0 atom stereocenters. The molecule has 0 saturated heterocycles. The van der Waals surface area contributed by atoms with Gasteiger partial charge in [0, 0.05) is 6.54 Å². The van der Waals surface area contributed by atoms with Crippen LogP contribution in [0, 0.1) is 12.3 Å². The zero-order valence-corrected chi connectivity index (χ0v) is 15.2. The summed E-state index contributed by atoms with van der Waals surface area (Å²) in [5.41, 5.74) is 0.0697. The number of hydrogen-bond acceptors (Lipinski definition) is 4. The fourth-order valence-corrected chi connectivity index (χ4v) is 2.93. The van der Waals surface area contributed by atoms with Gasteiger partial charge in [0.2, 0.25) is 10.0 Å². The molecule has 0 unspecified atom stereocenters. The van der Waals surface area contributed by atoms with Gasteiger partial charge in [0.05, 0.1) is 22.9 Å². The molecular formula is C16H24N2O5S. The third kappa shape index (κ3) is 4.95. The first-order valence-corrected chi connectivity index (χ1v) is 9.54. The third-order valence-corrected chi connectivity index (χ3v) is 4.70. The van der Waals surface area contributed by atoms with Crippen LogP contribution in [0.4, 0.5) is 5.69 Å². The Morgan fingerprint density at radius 1 is 1.21 bits per heavy atom. The van der Waals surface area contributed by atoms with Crippen LogP contribution in [0.1, 0.15) is 42.6 Å². The average Bonchev–Trinajstić information content (AvgIpc) is 2.48. The molecule has 24 heavy (non-hydrogen) atoms. The van der Waals surface area contributed by atoms with Gasteiger partial charge in [-0.3, -0.25) is 14.3 Å². The summed E-state index contributed by atoms with van der Waals surface area (Å²) in [5.74, 6) is -1.48. The summed E-state index contributed by atoms with van der Waals surface area (Å²) in [6, 6.07) is 4.75. The quantitative estimate of drug-likeness (QED) is 0.659. The standard InChI is InChI=1S/C16H24N2O5S/c1-5-16(6-2,15(20)21)10-17-14(19)12-9-11(3)7-8-13(12)18-24(4,22)23/h7-9,18H,5-6,10H2,1-4H3,(H,17,19)(H,20,21). The first-order chi connectivity index (χ1) is 11.0. The Balaban J connectivity index is 3.07. The number of aryl methyl sites for hydroxylation is 1. The molecule has 134 valence electrons. The number of amides is 1. The van der Waals surface area contributed by atoms with Crippen LogP contribution >= 0.6 is 0 Å². The van der Waals surface area contributed by atoms with Crippen molar-refractivity contribution in [2.45, 2.75) is 33.6 Å². The fraction of sp³-hybridized carbons (Fsp3) is 0.500. The molecule has 1 aromatic carbocycles. The Kier molecular flexibility index (Phi) is 6.36. The SMILES string of the molecule is CCC(CC)(CNC(=O)c1cc(C)ccc1NS(C)(=O)=O)C(=O)O. The van der Waals surface area contributed by atoms with E-state index in [0.29, 0.717) is 12.8 Å². The van der Waals surface area contributed by atoms with E-state index in [-0.39, 0.29) is 17.8 Å². The highest BCUT2D eigenvalue weighted by Gasteiger charge is 2.35. The Morgan fingerprint density at radius 3 is 2.25 bits per heavy atom. The number of carbonyl (C=O) groups is 2. The van der Waals surface area contributed by atoms with E-state index in [9.17, 15) is 23.1 Å². The molecule has 0 heterocycles. The number of carboxylic acid groups (broad SMARTS) is 1. The number of hydrogen-bond donors (Lipinski definition) is 3. The van der Waals surface area contributed by atoms with Crippen LogP contribution in [-0.2, 0) is 14.8 Å². The molecule has 0 aliphatic carbocycles. The van der Waals surface area contributed by atoms with E-state index in [1.54, 1.807) is 32.9 Å². The highest BCUT2D eigenvalue weighted by molar-refractivity contribution is 7.92. The summed E-state index contributed by atoms with van der Waals surface area (Å²) in [6.07, 6.45) is 1.75. The Labute approximate surface area is 142 Å². The minimum atomic E-state index is -3.54. The van der Waals surface area contributed by atoms with Gasteiger partial charge in [-0.2, -0.15) is 0 Å². The minimum absolute atomic E-state index is 0.0274. The van der Waals surface area contributed by atoms with Crippen molar-refractivity contribution in [2.24, 2.45) is 5.41 Å². The molecule has 0 aliphatic rings. The lowest BCUT2D eigenvalue weighted by Crippen LogP contribution is -2.42. The van der Waals surface area contributed by atoms with Gasteiger partial charge < -0.3 is 10.4 Å². The smallest absolute Gasteiger partial charge is 0.311 e. The van der Waals surface area contributed by atoms with Crippen molar-refractivity contribution in [3.05, 3.63) is 29.3 Å². The monoisotopic (exact) mass is 356 g/mol. The van der Waals surface area contributed by atoms with E-state index in [2.05, 4.69) is 10.0 Å². The van der Waals surface area contributed by atoms with Gasteiger partial charge in [0.1, 0.15) is 0 Å². The lowest BCUT2D eigenvalue weighted by molar-refractivity contribution is -0.149. The molecule has 1 rings (SSSR count). The van der Waals surface area contributed by atoms with Crippen LogP contribution in [0.2, 0.25) is 0 Å². The number of carboxylic acids is 1. The van der Waals surface area contributed by atoms with E-state index in [4.69, 9.17) is 0 Å². The number of anilines is 1. The summed E-state index contributed by atoms with van der Waals surface area (Å²) in [6.45, 7) is 5.27. The molecule has 8 heteroatoms. The van der Waals surface area contributed by atoms with Crippen LogP contribution in [0.5, 0.6) is 0 Å². The molecule has 1 amide bonds. The minimum Gasteiger partial charge on any atom is -0.481 e. The van der Waals surface area contributed by atoms with Gasteiger partial charge in [-0.05, 0) is 31.9 Å². The van der Waals surface area contributed by atoms with Gasteiger partial charge in [0.25, 0.3) is 5.91 Å². The second-order valence-corrected chi connectivity index (χ2v) is 7.65. The van der Waals surface area contributed by atoms with Gasteiger partial charge in [-0.25, -0.2) is 8.42 Å². The topological polar surface area (TPSA) is 113 Å². The van der Waals surface area contributed by atoms with Crippen molar-refractivity contribution >= 4 is 27.6 Å². The molecule has 1 aromatic rings. The first kappa shape index (κ1) is 20.0. The van der Waals surface area contributed by atoms with Crippen molar-refractivity contribution in [1.82, 2.24) is 5.32 Å². The highest BCUT2D eigenvalue weighted by atomic mass is 32.2. The summed E-state index contributed by atoms with van der Waals surface area (Å²) in [4.78, 5) is 24.0. The molecule has 7 nitrogen and oxygen atoms in total. The molecule has 0 radical (unpaired) electrons. The maximum Gasteiger partial charge on any atom is 0.311 e. The summed E-state index contributed by atoms with van der Waals surface area (Å²) < 4.78 is 25.2. The van der Waals surface area contributed by atoms with Crippen molar-refractivity contribution in [3.63, 3.8) is 0 Å². The van der Waals surface area contributed by atoms with Crippen LogP contribution in [0.15, 0.2) is 18.2 Å². The van der Waals surface area contributed by atoms with E-state index in [1.807, 2.05) is 0 Å². The lowest BCUT2D eigenvalue weighted by atomic mass is 9.82. The van der Waals surface area contributed by atoms with Gasteiger partial charge >= 0.3 is 5.97 Å². The summed E-state index contributed by atoms with van der Waals surface area (Å²) >= 11 is 0. The second kappa shape index (κ2) is 7.65. The Hall–Kier alpha value is -2.09. The largest absolute Gasteiger partial charge is 0.481 e. The fourth-order valence-electron chi connectivity index (χ4n) is 2.36. The number of nitrogens with one attached hydrogen (secondary N) is 2. The maximum atomic E-state index is 12.5. The van der Waals surface area contributed by atoms with Gasteiger partial charge in [-0.1, -0.05) is 25.5 Å². The van der Waals surface area contributed by atoms with Gasteiger partial charge in [-0.15, -0.1) is 0 Å². The van der Waals surface area contributed by atoms with E-state index in [0.717, 1.165) is 11.8 Å². The third-order valence-electron chi connectivity index (χ3n) is 4.11. The highest BCUT2D eigenvalue weighted by Crippen LogP contribution is 2.26. The van der Waals surface area contributed by atoms with Crippen LogP contribution in [-0.4, -0.2) is 38.2 Å². The predicted octanol–water partition coefficient (Wildman–Crippen LogP) is 1.99. The van der Waals surface area contributed by atoms with Crippen molar-refractivity contribution < 1.29 is 23.1 Å². The van der Waals surface area contributed by atoms with Crippen LogP contribution < -0.4 is 10.0 Å². The van der Waals surface area contributed by atoms with E-state index < -0.39 is 27.3 Å². The van der Waals surface area contributed by atoms with Crippen molar-refractivity contribution in [3.8, 4) is 0 Å². The Morgan fingerprint density at radius 2 is 1.79 bits per heavy atom. The first-order valence-electron chi connectivity index (χ1n) is 7.64. The molecule has 0 fully saturated rings. The van der Waals surface area contributed by atoms with Crippen LogP contribution in [0.25, 0.3) is 0 Å². The number of rotatable bonds is 8. The molecule has 3 N–H and O–H groups in total. The molecule has 0 aromatic heterocycles. The molecule has 0 bridgehead atoms. The normalized spacial score (nSPS) is 11.8. The van der Waals surface area contributed by atoms with Crippen molar-refractivity contribution in [2.75, 3.05) is 17.5 Å².